The maximum Gasteiger partial charge on any atom is 0.414 e. The molecule has 2 aliphatic heterocycles. The van der Waals surface area contributed by atoms with Crippen LogP contribution in [0, 0.1) is 0 Å². The standard InChI is InChI=1S/C24H25N5O7/c1-33-15-3-4-18-19(9-15)29(22(30)11-26-18)13-17(25)23(31)27-10-16-12-28(24(32)36-16)14-2-5-20-21(8-14)35-7-6-34-20/h2-5,8-9,11,16-17H,6-7,10,12-13,25H2,1H3,(H,27,31). The number of nitrogens with two attached hydrogens (primary N) is 1. The minimum atomic E-state index is -1.02. The first kappa shape index (κ1) is 23.4. The smallest absolute Gasteiger partial charge is 0.414 e. The van der Waals surface area contributed by atoms with Crippen LogP contribution in [0.5, 0.6) is 17.2 Å². The zero-order chi connectivity index (χ0) is 25.2. The predicted octanol–water partition coefficient (Wildman–Crippen LogP) is 0.645. The van der Waals surface area contributed by atoms with E-state index >= 15 is 0 Å². The zero-order valence-electron chi connectivity index (χ0n) is 19.5. The van der Waals surface area contributed by atoms with Crippen molar-refractivity contribution in [3.8, 4) is 17.2 Å². The van der Waals surface area contributed by atoms with Gasteiger partial charge in [0.15, 0.2) is 11.5 Å². The fraction of sp³-hybridized carbons (Fsp3) is 0.333. The molecule has 0 saturated carbocycles. The Kier molecular flexibility index (Phi) is 6.34. The van der Waals surface area contributed by atoms with Gasteiger partial charge in [0.05, 0.1) is 49.7 Å². The lowest BCUT2D eigenvalue weighted by atomic mass is 10.2. The lowest BCUT2D eigenvalue weighted by Gasteiger charge is -2.21. The van der Waals surface area contributed by atoms with Crippen molar-refractivity contribution in [2.45, 2.75) is 18.7 Å². The average Bonchev–Trinajstić information content (AvgIpc) is 3.28. The topological polar surface area (TPSA) is 147 Å². The van der Waals surface area contributed by atoms with Gasteiger partial charge in [0.1, 0.15) is 31.1 Å². The quantitative estimate of drug-likeness (QED) is 0.482. The summed E-state index contributed by atoms with van der Waals surface area (Å²) in [5.41, 5.74) is 7.40. The molecule has 2 atom stereocenters. The van der Waals surface area contributed by atoms with Gasteiger partial charge in [-0.3, -0.25) is 14.5 Å². The van der Waals surface area contributed by atoms with Gasteiger partial charge < -0.3 is 34.6 Å². The number of benzene rings is 2. The molecule has 2 aliphatic rings. The van der Waals surface area contributed by atoms with Gasteiger partial charge in [-0.25, -0.2) is 9.78 Å². The zero-order valence-corrected chi connectivity index (χ0v) is 19.5. The van der Waals surface area contributed by atoms with Crippen LogP contribution in [-0.4, -0.2) is 67.1 Å². The number of hydrogen-bond acceptors (Lipinski definition) is 9. The summed E-state index contributed by atoms with van der Waals surface area (Å²) >= 11 is 0. The fourth-order valence-electron chi connectivity index (χ4n) is 4.12. The molecule has 0 bridgehead atoms. The molecule has 3 aromatic rings. The number of nitrogens with one attached hydrogen (secondary N) is 1. The number of rotatable bonds is 7. The van der Waals surface area contributed by atoms with Crippen LogP contribution in [0.4, 0.5) is 10.5 Å². The van der Waals surface area contributed by atoms with E-state index in [-0.39, 0.29) is 19.6 Å². The third-order valence-electron chi connectivity index (χ3n) is 5.98. The van der Waals surface area contributed by atoms with E-state index < -0.39 is 29.7 Å². The van der Waals surface area contributed by atoms with Crippen LogP contribution in [0.2, 0.25) is 0 Å². The molecule has 3 heterocycles. The first-order chi connectivity index (χ1) is 17.4. The number of hydrogen-bond donors (Lipinski definition) is 2. The largest absolute Gasteiger partial charge is 0.497 e. The van der Waals surface area contributed by atoms with Crippen LogP contribution in [0.1, 0.15) is 0 Å². The lowest BCUT2D eigenvalue weighted by Crippen LogP contribution is -2.47. The Morgan fingerprint density at radius 1 is 1.19 bits per heavy atom. The molecule has 5 rings (SSSR count). The van der Waals surface area contributed by atoms with E-state index in [0.717, 1.165) is 0 Å². The molecule has 1 fully saturated rings. The van der Waals surface area contributed by atoms with Crippen LogP contribution >= 0.6 is 0 Å². The highest BCUT2D eigenvalue weighted by Gasteiger charge is 2.33. The van der Waals surface area contributed by atoms with E-state index in [1.807, 2.05) is 0 Å². The van der Waals surface area contributed by atoms with Gasteiger partial charge >= 0.3 is 6.09 Å². The summed E-state index contributed by atoms with van der Waals surface area (Å²) < 4.78 is 23.1. The molecular weight excluding hydrogens is 470 g/mol. The summed E-state index contributed by atoms with van der Waals surface area (Å²) in [6.45, 7) is 1.15. The molecule has 0 radical (unpaired) electrons. The van der Waals surface area contributed by atoms with Crippen molar-refractivity contribution in [2.75, 3.05) is 38.3 Å². The molecule has 0 aliphatic carbocycles. The van der Waals surface area contributed by atoms with Crippen molar-refractivity contribution in [3.63, 3.8) is 0 Å². The molecule has 2 aromatic carbocycles. The highest BCUT2D eigenvalue weighted by Crippen LogP contribution is 2.35. The number of aromatic nitrogens is 2. The first-order valence-corrected chi connectivity index (χ1v) is 11.4. The van der Waals surface area contributed by atoms with Gasteiger partial charge in [0.25, 0.3) is 5.56 Å². The molecule has 2 unspecified atom stereocenters. The van der Waals surface area contributed by atoms with Gasteiger partial charge in [-0.1, -0.05) is 0 Å². The number of anilines is 1. The Morgan fingerprint density at radius 3 is 2.81 bits per heavy atom. The Morgan fingerprint density at radius 2 is 2.00 bits per heavy atom. The van der Waals surface area contributed by atoms with Gasteiger partial charge in [-0.05, 0) is 24.3 Å². The van der Waals surface area contributed by atoms with Gasteiger partial charge in [-0.2, -0.15) is 0 Å². The minimum Gasteiger partial charge on any atom is -0.497 e. The maximum atomic E-state index is 12.7. The summed E-state index contributed by atoms with van der Waals surface area (Å²) in [5, 5.41) is 2.71. The van der Waals surface area contributed by atoms with Crippen molar-refractivity contribution in [1.82, 2.24) is 14.9 Å². The summed E-state index contributed by atoms with van der Waals surface area (Å²) in [7, 11) is 1.52. The van der Waals surface area contributed by atoms with E-state index in [4.69, 9.17) is 24.7 Å². The number of cyclic esters (lactones) is 1. The van der Waals surface area contributed by atoms with Crippen LogP contribution in [-0.2, 0) is 16.1 Å². The molecule has 1 saturated heterocycles. The summed E-state index contributed by atoms with van der Waals surface area (Å²) in [4.78, 5) is 43.2. The fourth-order valence-corrected chi connectivity index (χ4v) is 4.12. The number of carbonyl (C=O) groups is 2. The van der Waals surface area contributed by atoms with Crippen LogP contribution in [0.25, 0.3) is 11.0 Å². The predicted molar refractivity (Wildman–Crippen MR) is 129 cm³/mol. The number of fused-ring (bicyclic) bond motifs is 2. The van der Waals surface area contributed by atoms with Crippen molar-refractivity contribution >= 4 is 28.7 Å². The van der Waals surface area contributed by atoms with Gasteiger partial charge in [-0.15, -0.1) is 0 Å². The van der Waals surface area contributed by atoms with E-state index in [9.17, 15) is 14.4 Å². The first-order valence-electron chi connectivity index (χ1n) is 11.4. The van der Waals surface area contributed by atoms with Crippen molar-refractivity contribution in [1.29, 1.82) is 0 Å². The van der Waals surface area contributed by atoms with Crippen molar-refractivity contribution < 1.29 is 28.5 Å². The highest BCUT2D eigenvalue weighted by atomic mass is 16.6. The maximum absolute atomic E-state index is 12.7. The molecule has 12 heteroatoms. The number of ether oxygens (including phenoxy) is 4. The molecule has 36 heavy (non-hydrogen) atoms. The third kappa shape index (κ3) is 4.62. The number of nitrogens with zero attached hydrogens (tertiary/aromatic N) is 3. The van der Waals surface area contributed by atoms with Gasteiger partial charge in [0, 0.05) is 12.1 Å². The molecule has 1 aromatic heterocycles. The van der Waals surface area contributed by atoms with Crippen LogP contribution < -0.4 is 35.7 Å². The summed E-state index contributed by atoms with van der Waals surface area (Å²) in [6.07, 6.45) is 0.0822. The minimum absolute atomic E-state index is 0.0649. The van der Waals surface area contributed by atoms with Gasteiger partial charge in [0.2, 0.25) is 5.91 Å². The second-order valence-corrected chi connectivity index (χ2v) is 8.36. The van der Waals surface area contributed by atoms with Crippen LogP contribution in [0.15, 0.2) is 47.4 Å². The monoisotopic (exact) mass is 495 g/mol. The Bertz CT molecular complexity index is 1370. The van der Waals surface area contributed by atoms with Crippen molar-refractivity contribution in [2.24, 2.45) is 5.73 Å². The Balaban J connectivity index is 1.21. The van der Waals surface area contributed by atoms with Crippen LogP contribution in [0.3, 0.4) is 0 Å². The van der Waals surface area contributed by atoms with E-state index in [0.29, 0.717) is 47.2 Å². The second-order valence-electron chi connectivity index (χ2n) is 8.36. The molecule has 0 spiro atoms. The molecule has 12 nitrogen and oxygen atoms in total. The average molecular weight is 495 g/mol. The number of carbonyl (C=O) groups excluding carboxylic acids is 2. The third-order valence-corrected chi connectivity index (χ3v) is 5.98. The molecule has 2 amide bonds. The Hall–Kier alpha value is -4.32. The lowest BCUT2D eigenvalue weighted by molar-refractivity contribution is -0.123. The highest BCUT2D eigenvalue weighted by molar-refractivity contribution is 5.90. The number of amides is 2. The number of methoxy groups -OCH3 is 1. The molecular formula is C24H25N5O7. The molecule has 188 valence electrons. The van der Waals surface area contributed by atoms with E-state index in [1.54, 1.807) is 36.4 Å². The Labute approximate surface area is 205 Å². The summed E-state index contributed by atoms with van der Waals surface area (Å²) in [5.74, 6) is 1.25. The van der Waals surface area contributed by atoms with E-state index in [2.05, 4.69) is 10.3 Å². The van der Waals surface area contributed by atoms with Crippen molar-refractivity contribution in [3.05, 3.63) is 52.9 Å². The summed E-state index contributed by atoms with van der Waals surface area (Å²) in [6, 6.07) is 9.30. The van der Waals surface area contributed by atoms with E-state index in [1.165, 1.54) is 22.8 Å². The molecule has 3 N–H and O–H groups in total. The normalized spacial score (nSPS) is 17.6. The second kappa shape index (κ2) is 9.74. The SMILES string of the molecule is COc1ccc2ncc(=O)n(CC(N)C(=O)NCC3CN(c4ccc5c(c4)OCCO5)C(=O)O3)c2c1.